The Morgan fingerprint density at radius 2 is 2.00 bits per heavy atom. The minimum absolute atomic E-state index is 0.183. The van der Waals surface area contributed by atoms with Gasteiger partial charge in [0, 0.05) is 31.9 Å². The fraction of sp³-hybridized carbons (Fsp3) is 0.538. The standard InChI is InChI=1S/C13H22N2O/c1-11(2)14-10-12-6-4-5-7-13(12)15(3)8-9-16/h4-7,11,14,16H,8-10H2,1-3H3. The van der Waals surface area contributed by atoms with E-state index in [4.69, 9.17) is 5.11 Å². The third-order valence-corrected chi connectivity index (χ3v) is 2.54. The molecule has 0 amide bonds. The number of likely N-dealkylation sites (N-methyl/N-ethyl adjacent to an activating group) is 1. The molecule has 16 heavy (non-hydrogen) atoms. The number of para-hydroxylation sites is 1. The molecule has 0 aromatic heterocycles. The average Bonchev–Trinajstić information content (AvgIpc) is 2.27. The smallest absolute Gasteiger partial charge is 0.0606 e. The van der Waals surface area contributed by atoms with Crippen LogP contribution in [0.2, 0.25) is 0 Å². The predicted octanol–water partition coefficient (Wildman–Crippen LogP) is 1.61. The van der Waals surface area contributed by atoms with Crippen molar-refractivity contribution in [3.8, 4) is 0 Å². The second kappa shape index (κ2) is 6.51. The quantitative estimate of drug-likeness (QED) is 0.767. The Hall–Kier alpha value is -1.06. The molecule has 0 saturated heterocycles. The Bertz CT molecular complexity index is 313. The van der Waals surface area contributed by atoms with Crippen molar-refractivity contribution in [2.24, 2.45) is 0 Å². The van der Waals surface area contributed by atoms with Crippen LogP contribution in [-0.4, -0.2) is 31.3 Å². The van der Waals surface area contributed by atoms with E-state index in [0.717, 1.165) is 6.54 Å². The summed E-state index contributed by atoms with van der Waals surface area (Å²) < 4.78 is 0. The molecule has 0 aliphatic rings. The largest absolute Gasteiger partial charge is 0.395 e. The first-order chi connectivity index (χ1) is 7.65. The lowest BCUT2D eigenvalue weighted by Gasteiger charge is -2.22. The van der Waals surface area contributed by atoms with Gasteiger partial charge in [-0.1, -0.05) is 32.0 Å². The second-order valence-electron chi connectivity index (χ2n) is 4.31. The SMILES string of the molecule is CC(C)NCc1ccccc1N(C)CCO. The molecule has 0 aliphatic carbocycles. The number of nitrogens with one attached hydrogen (secondary N) is 1. The van der Waals surface area contributed by atoms with Crippen LogP contribution in [0.15, 0.2) is 24.3 Å². The van der Waals surface area contributed by atoms with Crippen molar-refractivity contribution in [2.75, 3.05) is 25.1 Å². The Morgan fingerprint density at radius 1 is 1.31 bits per heavy atom. The zero-order chi connectivity index (χ0) is 12.0. The van der Waals surface area contributed by atoms with E-state index in [1.165, 1.54) is 11.3 Å². The van der Waals surface area contributed by atoms with Crippen molar-refractivity contribution in [3.63, 3.8) is 0 Å². The van der Waals surface area contributed by atoms with E-state index in [1.54, 1.807) is 0 Å². The second-order valence-corrected chi connectivity index (χ2v) is 4.31. The summed E-state index contributed by atoms with van der Waals surface area (Å²) in [4.78, 5) is 2.08. The van der Waals surface area contributed by atoms with E-state index in [2.05, 4.69) is 36.2 Å². The van der Waals surface area contributed by atoms with Gasteiger partial charge in [-0.05, 0) is 11.6 Å². The topological polar surface area (TPSA) is 35.5 Å². The van der Waals surface area contributed by atoms with Gasteiger partial charge in [-0.15, -0.1) is 0 Å². The predicted molar refractivity (Wildman–Crippen MR) is 68.8 cm³/mol. The molecule has 2 N–H and O–H groups in total. The summed E-state index contributed by atoms with van der Waals surface area (Å²) in [5, 5.41) is 12.4. The van der Waals surface area contributed by atoms with Gasteiger partial charge in [0.25, 0.3) is 0 Å². The Labute approximate surface area is 98.1 Å². The molecule has 0 spiro atoms. The summed E-state index contributed by atoms with van der Waals surface area (Å²) in [6, 6.07) is 8.78. The number of nitrogens with zero attached hydrogens (tertiary/aromatic N) is 1. The van der Waals surface area contributed by atoms with Gasteiger partial charge in [-0.3, -0.25) is 0 Å². The highest BCUT2D eigenvalue weighted by molar-refractivity contribution is 5.52. The van der Waals surface area contributed by atoms with Crippen molar-refractivity contribution < 1.29 is 5.11 Å². The average molecular weight is 222 g/mol. The van der Waals surface area contributed by atoms with Crippen molar-refractivity contribution in [3.05, 3.63) is 29.8 Å². The first-order valence-corrected chi connectivity index (χ1v) is 5.78. The van der Waals surface area contributed by atoms with Crippen LogP contribution in [0.25, 0.3) is 0 Å². The maximum atomic E-state index is 8.95. The highest BCUT2D eigenvalue weighted by Gasteiger charge is 2.06. The normalized spacial score (nSPS) is 10.8. The third kappa shape index (κ3) is 3.83. The van der Waals surface area contributed by atoms with Crippen molar-refractivity contribution in [2.45, 2.75) is 26.4 Å². The molecule has 0 heterocycles. The minimum Gasteiger partial charge on any atom is -0.395 e. The summed E-state index contributed by atoms with van der Waals surface area (Å²) in [7, 11) is 2.00. The lowest BCUT2D eigenvalue weighted by atomic mass is 10.1. The number of hydrogen-bond donors (Lipinski definition) is 2. The third-order valence-electron chi connectivity index (χ3n) is 2.54. The number of benzene rings is 1. The minimum atomic E-state index is 0.183. The van der Waals surface area contributed by atoms with Gasteiger partial charge < -0.3 is 15.3 Å². The molecule has 1 rings (SSSR count). The number of anilines is 1. The van der Waals surface area contributed by atoms with Crippen LogP contribution in [0.5, 0.6) is 0 Å². The van der Waals surface area contributed by atoms with E-state index >= 15 is 0 Å². The summed E-state index contributed by atoms with van der Waals surface area (Å²) in [6.45, 7) is 5.99. The van der Waals surface area contributed by atoms with Gasteiger partial charge in [0.05, 0.1) is 6.61 Å². The molecule has 0 fully saturated rings. The van der Waals surface area contributed by atoms with Gasteiger partial charge in [0.15, 0.2) is 0 Å². The molecule has 0 aliphatic heterocycles. The summed E-state index contributed by atoms with van der Waals surface area (Å²) in [5.41, 5.74) is 2.46. The van der Waals surface area contributed by atoms with Crippen LogP contribution in [0.4, 0.5) is 5.69 Å². The number of rotatable bonds is 6. The molecular weight excluding hydrogens is 200 g/mol. The first-order valence-electron chi connectivity index (χ1n) is 5.78. The van der Waals surface area contributed by atoms with Crippen LogP contribution in [0.3, 0.4) is 0 Å². The lowest BCUT2D eigenvalue weighted by molar-refractivity contribution is 0.304. The summed E-state index contributed by atoms with van der Waals surface area (Å²) in [6.07, 6.45) is 0. The zero-order valence-electron chi connectivity index (χ0n) is 10.4. The van der Waals surface area contributed by atoms with Gasteiger partial charge in [-0.25, -0.2) is 0 Å². The van der Waals surface area contributed by atoms with Crippen LogP contribution in [0, 0.1) is 0 Å². The van der Waals surface area contributed by atoms with Crippen molar-refractivity contribution >= 4 is 5.69 Å². The maximum absolute atomic E-state index is 8.95. The maximum Gasteiger partial charge on any atom is 0.0606 e. The van der Waals surface area contributed by atoms with Crippen LogP contribution < -0.4 is 10.2 Å². The number of hydrogen-bond acceptors (Lipinski definition) is 3. The monoisotopic (exact) mass is 222 g/mol. The molecule has 1 aromatic rings. The van der Waals surface area contributed by atoms with Gasteiger partial charge in [0.2, 0.25) is 0 Å². The fourth-order valence-electron chi connectivity index (χ4n) is 1.62. The Balaban J connectivity index is 2.74. The lowest BCUT2D eigenvalue weighted by Crippen LogP contribution is -2.26. The molecule has 3 heteroatoms. The van der Waals surface area contributed by atoms with Gasteiger partial charge in [0.1, 0.15) is 0 Å². The summed E-state index contributed by atoms with van der Waals surface area (Å²) >= 11 is 0. The fourth-order valence-corrected chi connectivity index (χ4v) is 1.62. The molecule has 90 valence electrons. The van der Waals surface area contributed by atoms with Crippen molar-refractivity contribution in [1.29, 1.82) is 0 Å². The molecule has 0 unspecified atom stereocenters. The Morgan fingerprint density at radius 3 is 2.62 bits per heavy atom. The van der Waals surface area contributed by atoms with E-state index in [0.29, 0.717) is 12.6 Å². The van der Waals surface area contributed by atoms with Crippen LogP contribution in [-0.2, 0) is 6.54 Å². The van der Waals surface area contributed by atoms with E-state index in [1.807, 2.05) is 19.2 Å². The molecular formula is C13H22N2O. The Kier molecular flexibility index (Phi) is 5.29. The van der Waals surface area contributed by atoms with Gasteiger partial charge >= 0.3 is 0 Å². The van der Waals surface area contributed by atoms with Gasteiger partial charge in [-0.2, -0.15) is 0 Å². The molecule has 0 bridgehead atoms. The number of aliphatic hydroxyl groups excluding tert-OH is 1. The molecule has 0 radical (unpaired) electrons. The molecule has 3 nitrogen and oxygen atoms in total. The van der Waals surface area contributed by atoms with Crippen LogP contribution >= 0.6 is 0 Å². The van der Waals surface area contributed by atoms with Crippen LogP contribution in [0.1, 0.15) is 19.4 Å². The molecule has 0 atom stereocenters. The van der Waals surface area contributed by atoms with E-state index in [9.17, 15) is 0 Å². The summed E-state index contributed by atoms with van der Waals surface area (Å²) in [5.74, 6) is 0. The molecule has 0 saturated carbocycles. The number of aliphatic hydroxyl groups is 1. The first kappa shape index (κ1) is 13.0. The van der Waals surface area contributed by atoms with E-state index < -0.39 is 0 Å². The molecule has 1 aromatic carbocycles. The zero-order valence-corrected chi connectivity index (χ0v) is 10.4. The highest BCUT2D eigenvalue weighted by atomic mass is 16.3. The highest BCUT2D eigenvalue weighted by Crippen LogP contribution is 2.18. The van der Waals surface area contributed by atoms with E-state index in [-0.39, 0.29) is 6.61 Å². The van der Waals surface area contributed by atoms with Crippen molar-refractivity contribution in [1.82, 2.24) is 5.32 Å².